The summed E-state index contributed by atoms with van der Waals surface area (Å²) in [6, 6.07) is 48.7. The van der Waals surface area contributed by atoms with Crippen LogP contribution in [-0.4, -0.2) is 9.13 Å². The number of nitrogens with zero attached hydrogens (tertiary/aromatic N) is 2. The van der Waals surface area contributed by atoms with Gasteiger partial charge in [0.25, 0.3) is 0 Å². The van der Waals surface area contributed by atoms with Crippen LogP contribution in [0, 0.1) is 0 Å². The first-order valence-corrected chi connectivity index (χ1v) is 14.1. The highest BCUT2D eigenvalue weighted by molar-refractivity contribution is 7.25. The molecule has 0 unspecified atom stereocenters. The van der Waals surface area contributed by atoms with Crippen molar-refractivity contribution in [2.24, 2.45) is 0 Å². The predicted molar refractivity (Wildman–Crippen MR) is 168 cm³/mol. The number of fused-ring (bicyclic) bond motifs is 9. The van der Waals surface area contributed by atoms with Crippen molar-refractivity contribution >= 4 is 75.1 Å². The van der Waals surface area contributed by atoms with E-state index in [1.165, 1.54) is 75.2 Å². The summed E-state index contributed by atoms with van der Waals surface area (Å²) >= 11 is 1.88. The van der Waals surface area contributed by atoms with Gasteiger partial charge in [0.2, 0.25) is 0 Å². The average molecular weight is 515 g/mol. The molecule has 0 radical (unpaired) electrons. The van der Waals surface area contributed by atoms with Gasteiger partial charge in [0.1, 0.15) is 0 Å². The number of hydrogen-bond acceptors (Lipinski definition) is 1. The van der Waals surface area contributed by atoms with E-state index in [0.29, 0.717) is 0 Å². The molecule has 2 nitrogen and oxygen atoms in total. The molecule has 9 rings (SSSR count). The number of aromatic nitrogens is 2. The molecule has 0 amide bonds. The van der Waals surface area contributed by atoms with Crippen molar-refractivity contribution < 1.29 is 0 Å². The zero-order valence-electron chi connectivity index (χ0n) is 21.0. The van der Waals surface area contributed by atoms with Crippen LogP contribution in [0.5, 0.6) is 0 Å². The zero-order valence-corrected chi connectivity index (χ0v) is 21.8. The smallest absolute Gasteiger partial charge is 0.0562 e. The van der Waals surface area contributed by atoms with Crippen LogP contribution in [0.15, 0.2) is 133 Å². The molecule has 0 aliphatic rings. The number of rotatable bonds is 2. The first kappa shape index (κ1) is 21.1. The summed E-state index contributed by atoms with van der Waals surface area (Å²) in [6.07, 6.45) is 0. The van der Waals surface area contributed by atoms with Crippen molar-refractivity contribution in [3.05, 3.63) is 133 Å². The van der Waals surface area contributed by atoms with Crippen LogP contribution in [0.3, 0.4) is 0 Å². The molecule has 9 aromatic rings. The molecule has 6 aromatic carbocycles. The number of para-hydroxylation sites is 3. The summed E-state index contributed by atoms with van der Waals surface area (Å²) in [7, 11) is 0. The molecule has 0 saturated heterocycles. The fourth-order valence-corrected chi connectivity index (χ4v) is 7.53. The van der Waals surface area contributed by atoms with Gasteiger partial charge in [-0.25, -0.2) is 0 Å². The van der Waals surface area contributed by atoms with Crippen molar-refractivity contribution in [3.8, 4) is 11.4 Å². The Kier molecular flexibility index (Phi) is 4.24. The van der Waals surface area contributed by atoms with E-state index in [2.05, 4.69) is 143 Å². The Morgan fingerprint density at radius 1 is 0.333 bits per heavy atom. The molecule has 39 heavy (non-hydrogen) atoms. The second-order valence-electron chi connectivity index (χ2n) is 10.2. The Morgan fingerprint density at radius 2 is 0.846 bits per heavy atom. The summed E-state index contributed by atoms with van der Waals surface area (Å²) in [6.45, 7) is 0. The average Bonchev–Trinajstić information content (AvgIpc) is 3.62. The van der Waals surface area contributed by atoms with E-state index in [1.807, 2.05) is 11.3 Å². The third-order valence-electron chi connectivity index (χ3n) is 8.09. The summed E-state index contributed by atoms with van der Waals surface area (Å²) in [4.78, 5) is 0. The minimum absolute atomic E-state index is 1.18. The second-order valence-corrected chi connectivity index (χ2v) is 11.3. The van der Waals surface area contributed by atoms with E-state index < -0.39 is 0 Å². The standard InChI is InChI=1S/C36H22N2S/c1-3-11-23(12-4-1)37-31-17-9-7-15-25(31)27-19-28-29-20-30-26-16-8-10-18-35(26)39-36(30)22-34(29)38(33(28)21-32(27)37)24-13-5-2-6-14-24/h1-22H. The molecular weight excluding hydrogens is 492 g/mol. The first-order valence-electron chi connectivity index (χ1n) is 13.3. The molecule has 0 saturated carbocycles. The summed E-state index contributed by atoms with van der Waals surface area (Å²) in [5.41, 5.74) is 7.29. The van der Waals surface area contributed by atoms with E-state index in [9.17, 15) is 0 Å². The van der Waals surface area contributed by atoms with Crippen LogP contribution in [0.25, 0.3) is 75.2 Å². The largest absolute Gasteiger partial charge is 0.309 e. The lowest BCUT2D eigenvalue weighted by atomic mass is 10.1. The Labute approximate surface area is 228 Å². The van der Waals surface area contributed by atoms with Crippen molar-refractivity contribution in [3.63, 3.8) is 0 Å². The minimum Gasteiger partial charge on any atom is -0.309 e. The molecule has 0 atom stereocenters. The van der Waals surface area contributed by atoms with Gasteiger partial charge in [-0.2, -0.15) is 0 Å². The topological polar surface area (TPSA) is 9.86 Å². The molecular formula is C36H22N2S. The van der Waals surface area contributed by atoms with Gasteiger partial charge in [0.05, 0.1) is 22.1 Å². The first-order chi connectivity index (χ1) is 19.3. The zero-order chi connectivity index (χ0) is 25.5. The van der Waals surface area contributed by atoms with Crippen LogP contribution in [0.4, 0.5) is 0 Å². The van der Waals surface area contributed by atoms with Crippen LogP contribution in [0.2, 0.25) is 0 Å². The van der Waals surface area contributed by atoms with Crippen molar-refractivity contribution in [2.45, 2.75) is 0 Å². The van der Waals surface area contributed by atoms with E-state index in [-0.39, 0.29) is 0 Å². The lowest BCUT2D eigenvalue weighted by Crippen LogP contribution is -1.95. The second kappa shape index (κ2) is 7.83. The highest BCUT2D eigenvalue weighted by Gasteiger charge is 2.19. The SMILES string of the molecule is c1ccc(-n2c3ccccc3c3cc4c5cc6c(cc5n(-c5ccccc5)c4cc32)sc2ccccc26)cc1. The Bertz CT molecular complexity index is 2370. The van der Waals surface area contributed by atoms with Crippen LogP contribution in [-0.2, 0) is 0 Å². The molecule has 182 valence electrons. The normalized spacial score (nSPS) is 12.1. The summed E-state index contributed by atoms with van der Waals surface area (Å²) in [5.74, 6) is 0. The number of hydrogen-bond donors (Lipinski definition) is 0. The van der Waals surface area contributed by atoms with Gasteiger partial charge in [-0.05, 0) is 60.7 Å². The van der Waals surface area contributed by atoms with Crippen LogP contribution in [0.1, 0.15) is 0 Å². The molecule has 0 spiro atoms. The lowest BCUT2D eigenvalue weighted by molar-refractivity contribution is 1.17. The third-order valence-corrected chi connectivity index (χ3v) is 9.22. The molecule has 3 heterocycles. The molecule has 0 N–H and O–H groups in total. The molecule has 0 fully saturated rings. The van der Waals surface area contributed by atoms with Gasteiger partial charge in [0, 0.05) is 53.1 Å². The fraction of sp³-hybridized carbons (Fsp3) is 0. The van der Waals surface area contributed by atoms with Gasteiger partial charge < -0.3 is 9.13 Å². The van der Waals surface area contributed by atoms with E-state index in [0.717, 1.165) is 0 Å². The van der Waals surface area contributed by atoms with Gasteiger partial charge in [0.15, 0.2) is 0 Å². The number of benzene rings is 6. The lowest BCUT2D eigenvalue weighted by Gasteiger charge is -2.10. The monoisotopic (exact) mass is 514 g/mol. The Hall–Kier alpha value is -4.86. The Morgan fingerprint density at radius 3 is 1.56 bits per heavy atom. The minimum atomic E-state index is 1.18. The van der Waals surface area contributed by atoms with E-state index in [1.54, 1.807) is 0 Å². The maximum absolute atomic E-state index is 2.45. The van der Waals surface area contributed by atoms with Gasteiger partial charge in [-0.3, -0.25) is 0 Å². The van der Waals surface area contributed by atoms with Crippen molar-refractivity contribution in [2.75, 3.05) is 0 Å². The molecule has 0 aliphatic carbocycles. The van der Waals surface area contributed by atoms with Crippen molar-refractivity contribution in [1.82, 2.24) is 9.13 Å². The van der Waals surface area contributed by atoms with Gasteiger partial charge in [-0.1, -0.05) is 72.8 Å². The van der Waals surface area contributed by atoms with Gasteiger partial charge >= 0.3 is 0 Å². The van der Waals surface area contributed by atoms with Crippen LogP contribution < -0.4 is 0 Å². The highest BCUT2D eigenvalue weighted by atomic mass is 32.1. The summed E-state index contributed by atoms with van der Waals surface area (Å²) in [5, 5.41) is 7.81. The maximum Gasteiger partial charge on any atom is 0.0562 e. The fourth-order valence-electron chi connectivity index (χ4n) is 6.41. The van der Waals surface area contributed by atoms with Gasteiger partial charge in [-0.15, -0.1) is 11.3 Å². The van der Waals surface area contributed by atoms with Crippen molar-refractivity contribution in [1.29, 1.82) is 0 Å². The number of thiophene rings is 1. The third kappa shape index (κ3) is 2.91. The Balaban J connectivity index is 1.50. The quantitative estimate of drug-likeness (QED) is 0.217. The maximum atomic E-state index is 2.45. The molecule has 3 aromatic heterocycles. The van der Waals surface area contributed by atoms with Crippen LogP contribution >= 0.6 is 11.3 Å². The highest BCUT2D eigenvalue weighted by Crippen LogP contribution is 2.43. The van der Waals surface area contributed by atoms with E-state index in [4.69, 9.17) is 0 Å². The molecule has 0 aliphatic heterocycles. The molecule has 3 heteroatoms. The summed E-state index contributed by atoms with van der Waals surface area (Å²) < 4.78 is 7.51. The van der Waals surface area contributed by atoms with E-state index >= 15 is 0 Å². The molecule has 0 bridgehead atoms. The predicted octanol–water partition coefficient (Wildman–Crippen LogP) is 10.2.